The van der Waals surface area contributed by atoms with Crippen LogP contribution < -0.4 is 30.2 Å². The fourth-order valence-corrected chi connectivity index (χ4v) is 19.4. The van der Waals surface area contributed by atoms with Gasteiger partial charge in [0.2, 0.25) is 0 Å². The zero-order chi connectivity index (χ0) is 63.1. The Balaban J connectivity index is 1.02. The van der Waals surface area contributed by atoms with E-state index in [1.165, 1.54) is 103 Å². The minimum atomic E-state index is -4.60. The number of hydrogen-bond acceptors (Lipinski definition) is 14. The molecule has 6 aromatic rings. The molecule has 0 fully saturated rings. The Morgan fingerprint density at radius 3 is 0.955 bits per heavy atom. The number of rotatable bonds is 53. The molecule has 3 heterocycles. The Bertz CT molecular complexity index is 2830. The van der Waals surface area contributed by atoms with E-state index in [4.69, 9.17) is 22.8 Å². The molecule has 2 unspecified atom stereocenters. The lowest BCUT2D eigenvalue weighted by atomic mass is 10.1. The second-order valence-electron chi connectivity index (χ2n) is 23.5. The summed E-state index contributed by atoms with van der Waals surface area (Å²) in [5.74, 6) is 2.57. The van der Waals surface area contributed by atoms with Gasteiger partial charge >= 0.3 is 22.8 Å². The van der Waals surface area contributed by atoms with Crippen LogP contribution in [0.4, 0.5) is 0 Å². The Morgan fingerprint density at radius 2 is 0.663 bits per heavy atom. The quantitative estimate of drug-likeness (QED) is 0.0180. The fourth-order valence-electron chi connectivity index (χ4n) is 10.7. The number of thiophene rings is 3. The number of unbranched alkanes of at least 4 members (excludes halogenated alkanes) is 19. The molecule has 0 bridgehead atoms. The van der Waals surface area contributed by atoms with Crippen molar-refractivity contribution >= 4 is 56.8 Å². The minimum absolute atomic E-state index is 0.185. The molecule has 0 aliphatic rings. The van der Waals surface area contributed by atoms with Gasteiger partial charge in [-0.25, -0.2) is 8.62 Å². The summed E-state index contributed by atoms with van der Waals surface area (Å²) in [5.41, 5.74) is 6.20. The highest BCUT2D eigenvalue weighted by Gasteiger charge is 2.40. The molecular weight excluding hydrogens is 1230 g/mol. The third-order valence-corrected chi connectivity index (χ3v) is 25.0. The van der Waals surface area contributed by atoms with Crippen molar-refractivity contribution in [2.45, 2.75) is 201 Å². The van der Waals surface area contributed by atoms with Gasteiger partial charge < -0.3 is 39.9 Å². The van der Waals surface area contributed by atoms with E-state index < -0.39 is 22.8 Å². The van der Waals surface area contributed by atoms with Gasteiger partial charge in [-0.2, -0.15) is 0 Å². The first-order valence-corrected chi connectivity index (χ1v) is 41.5. The lowest BCUT2D eigenvalue weighted by Crippen LogP contribution is -2.17. The second kappa shape index (κ2) is 43.5. The molecule has 6 rings (SSSR count). The highest BCUT2D eigenvalue weighted by atomic mass is 32.1. The van der Waals surface area contributed by atoms with Crippen LogP contribution in [0.5, 0.6) is 17.2 Å². The van der Waals surface area contributed by atoms with E-state index in [0.29, 0.717) is 59.1 Å². The summed E-state index contributed by atoms with van der Waals surface area (Å²) < 4.78 is 72.4. The molecule has 3 aromatic heterocycles. The van der Waals surface area contributed by atoms with Gasteiger partial charge in [0, 0.05) is 51.0 Å². The van der Waals surface area contributed by atoms with Crippen molar-refractivity contribution in [3.8, 4) is 48.6 Å². The average molecular weight is 1340 g/mol. The van der Waals surface area contributed by atoms with E-state index in [2.05, 4.69) is 89.3 Å². The van der Waals surface area contributed by atoms with Crippen LogP contribution in [0.1, 0.15) is 198 Å². The van der Waals surface area contributed by atoms with Crippen LogP contribution in [0.15, 0.2) is 107 Å². The minimum Gasteiger partial charge on any atom is -0.493 e. The van der Waals surface area contributed by atoms with Gasteiger partial charge in [-0.15, -0.1) is 34.0 Å². The van der Waals surface area contributed by atoms with Gasteiger partial charge in [0.25, 0.3) is 0 Å². The van der Waals surface area contributed by atoms with Crippen LogP contribution in [0, 0.1) is 0 Å². The monoisotopic (exact) mass is 1340 g/mol. The first-order chi connectivity index (χ1) is 43.4. The molecule has 2 atom stereocenters. The zero-order valence-corrected chi connectivity index (χ0v) is 58.9. The predicted molar refractivity (Wildman–Crippen MR) is 377 cm³/mol. The Labute approximate surface area is 546 Å². The van der Waals surface area contributed by atoms with Crippen LogP contribution in [0.2, 0.25) is 0 Å². The molecule has 13 nitrogen and oxygen atoms in total. The maximum Gasteiger partial charge on any atom is 0.345 e. The van der Waals surface area contributed by atoms with Crippen LogP contribution in [0.3, 0.4) is 0 Å². The van der Waals surface area contributed by atoms with E-state index >= 15 is 0 Å². The van der Waals surface area contributed by atoms with E-state index in [1.54, 1.807) is 34.0 Å². The molecule has 19 heteroatoms. The van der Waals surface area contributed by atoms with Crippen molar-refractivity contribution in [3.05, 3.63) is 124 Å². The number of benzene rings is 3. The van der Waals surface area contributed by atoms with Crippen LogP contribution in [0.25, 0.3) is 31.3 Å². The van der Waals surface area contributed by atoms with E-state index in [9.17, 15) is 23.5 Å². The Kier molecular flexibility index (Phi) is 36.4. The van der Waals surface area contributed by atoms with Crippen molar-refractivity contribution in [2.75, 3.05) is 57.9 Å². The van der Waals surface area contributed by atoms with Crippen molar-refractivity contribution in [3.63, 3.8) is 0 Å². The van der Waals surface area contributed by atoms with Gasteiger partial charge in [0.05, 0.1) is 38.3 Å². The lowest BCUT2D eigenvalue weighted by Gasteiger charge is -2.24. The summed E-state index contributed by atoms with van der Waals surface area (Å²) in [4.78, 5) is 25.9. The summed E-state index contributed by atoms with van der Waals surface area (Å²) in [6.45, 7) is 11.3. The van der Waals surface area contributed by atoms with E-state index in [0.717, 1.165) is 104 Å². The van der Waals surface area contributed by atoms with E-state index in [-0.39, 0.29) is 37.7 Å². The summed E-state index contributed by atoms with van der Waals surface area (Å²) in [6.07, 6.45) is 26.5. The van der Waals surface area contributed by atoms with Gasteiger partial charge in [0.15, 0.2) is 0 Å². The molecule has 0 aliphatic heterocycles. The molecule has 0 saturated heterocycles. The lowest BCUT2D eigenvalue weighted by molar-refractivity contribution is 0.305. The Hall–Kier alpha value is -3.43. The number of ether oxygens (including phenoxy) is 3. The molecule has 494 valence electrons. The molecule has 0 amide bonds. The number of hydrogen-bond donors (Lipinski definition) is 5. The third kappa shape index (κ3) is 30.0. The topological polar surface area (TPSA) is 174 Å². The molecule has 0 saturated carbocycles. The maximum atomic E-state index is 14.6. The number of nitrogens with one attached hydrogen (secondary N) is 3. The van der Waals surface area contributed by atoms with Crippen molar-refractivity contribution in [2.24, 2.45) is 0 Å². The van der Waals surface area contributed by atoms with Crippen molar-refractivity contribution < 1.29 is 46.3 Å². The summed E-state index contributed by atoms with van der Waals surface area (Å²) >= 11 is 4.99. The molecule has 0 spiro atoms. The summed E-state index contributed by atoms with van der Waals surface area (Å²) in [6, 6.07) is 31.0. The van der Waals surface area contributed by atoms with Crippen LogP contribution in [-0.2, 0) is 42.0 Å². The highest BCUT2D eigenvalue weighted by Crippen LogP contribution is 2.69. The van der Waals surface area contributed by atoms with Crippen molar-refractivity contribution in [1.29, 1.82) is 0 Å². The van der Waals surface area contributed by atoms with Gasteiger partial charge in [0.1, 0.15) is 17.2 Å². The standard InChI is InChI=1S/C70H106N3O10P3S3/c1-4-7-10-13-16-19-22-25-46-81-67-40-37-61(55-64(67)70-34-28-52-89-70)58-73-43-31-49-86(78,82-84(74,75)47-29-41-71-56-59-35-38-65(62(53-59)68-32-26-50-87-68)79-44-23-20-17-14-11-8-5-2)83-85(76,77)48-30-42-72-57-60-36-39-66(63(54-60)69-33-27-51-88-69)80-45-24-21-18-15-12-9-6-3/h26-28,32-40,50-55,71-73H,4-25,29-31,41-49,56-58H2,1-3H3,(H,74,75)(H,76,77). The van der Waals surface area contributed by atoms with Crippen molar-refractivity contribution in [1.82, 2.24) is 16.0 Å². The van der Waals surface area contributed by atoms with Crippen LogP contribution >= 0.6 is 56.8 Å². The molecule has 0 radical (unpaired) electrons. The fraction of sp³-hybridized carbons (Fsp3) is 0.571. The second-order valence-corrected chi connectivity index (χ2v) is 32.8. The van der Waals surface area contributed by atoms with E-state index in [1.807, 2.05) is 54.6 Å². The zero-order valence-electron chi connectivity index (χ0n) is 53.8. The van der Waals surface area contributed by atoms with Gasteiger partial charge in [-0.1, -0.05) is 179 Å². The van der Waals surface area contributed by atoms with Gasteiger partial charge in [-0.3, -0.25) is 13.7 Å². The summed E-state index contributed by atoms with van der Waals surface area (Å²) in [5, 5.41) is 16.3. The molecule has 5 N–H and O–H groups in total. The molecule has 89 heavy (non-hydrogen) atoms. The Morgan fingerprint density at radius 1 is 0.371 bits per heavy atom. The molecule has 3 aromatic carbocycles. The summed E-state index contributed by atoms with van der Waals surface area (Å²) in [7, 11) is -13.8. The van der Waals surface area contributed by atoms with Crippen LogP contribution in [-0.4, -0.2) is 67.7 Å². The molecular formula is C70H106N3O10P3S3. The maximum absolute atomic E-state index is 14.6. The SMILES string of the molecule is CCCCCCCCCCOc1ccc(CNCCCP(=O)(OP(=O)(O)CCCNCc2ccc(OCCCCCCCCC)c(-c3cccs3)c2)OP(=O)(O)CCCNCc2ccc(OCCCCCCCCC)c(-c3cccs3)c2)cc1-c1cccs1. The normalized spacial score (nSPS) is 13.7. The largest absolute Gasteiger partial charge is 0.493 e. The molecule has 0 aliphatic carbocycles. The first-order valence-electron chi connectivity index (χ1n) is 33.6. The first kappa shape index (κ1) is 74.6. The third-order valence-electron chi connectivity index (χ3n) is 15.6. The highest BCUT2D eigenvalue weighted by molar-refractivity contribution is 7.72. The predicted octanol–water partition coefficient (Wildman–Crippen LogP) is 21.1. The smallest absolute Gasteiger partial charge is 0.345 e. The average Bonchev–Trinajstić information content (AvgIpc) is 4.43. The van der Waals surface area contributed by atoms with Gasteiger partial charge in [-0.05, 0) is 146 Å².